The van der Waals surface area contributed by atoms with Crippen molar-refractivity contribution in [3.63, 3.8) is 0 Å². The number of hydrogen-bond acceptors (Lipinski definition) is 1. The fourth-order valence-electron chi connectivity index (χ4n) is 2.26. The molecule has 0 bridgehead atoms. The lowest BCUT2D eigenvalue weighted by Gasteiger charge is -2.14. The van der Waals surface area contributed by atoms with E-state index >= 15 is 0 Å². The zero-order valence-corrected chi connectivity index (χ0v) is 11.3. The van der Waals surface area contributed by atoms with Crippen LogP contribution in [0.3, 0.4) is 0 Å². The molecule has 2 aromatic rings. The molecule has 0 spiro atoms. The minimum Gasteiger partial charge on any atom is -0.388 e. The SMILES string of the molecule is Cc1ccc(CC(O)c2ccc(C)cc2C)cc1. The number of aliphatic hydroxyl groups excluding tert-OH is 1. The Morgan fingerprint density at radius 2 is 1.50 bits per heavy atom. The van der Waals surface area contributed by atoms with E-state index in [4.69, 9.17) is 0 Å². The second-order valence-corrected chi connectivity index (χ2v) is 5.07. The molecule has 1 N–H and O–H groups in total. The summed E-state index contributed by atoms with van der Waals surface area (Å²) in [5.41, 5.74) is 5.85. The van der Waals surface area contributed by atoms with Crippen molar-refractivity contribution in [2.45, 2.75) is 33.3 Å². The summed E-state index contributed by atoms with van der Waals surface area (Å²) in [5, 5.41) is 10.3. The van der Waals surface area contributed by atoms with Crippen LogP contribution in [0, 0.1) is 20.8 Å². The summed E-state index contributed by atoms with van der Waals surface area (Å²) in [6.07, 6.45) is 0.248. The molecule has 94 valence electrons. The topological polar surface area (TPSA) is 20.2 Å². The lowest BCUT2D eigenvalue weighted by molar-refractivity contribution is 0.177. The van der Waals surface area contributed by atoms with Crippen molar-refractivity contribution >= 4 is 0 Å². The van der Waals surface area contributed by atoms with Crippen LogP contribution >= 0.6 is 0 Å². The predicted octanol–water partition coefficient (Wildman–Crippen LogP) is 3.89. The van der Waals surface area contributed by atoms with Gasteiger partial charge < -0.3 is 5.11 Å². The molecular formula is C17H20O. The summed E-state index contributed by atoms with van der Waals surface area (Å²) in [5.74, 6) is 0. The lowest BCUT2D eigenvalue weighted by atomic mass is 9.96. The van der Waals surface area contributed by atoms with Crippen molar-refractivity contribution in [3.05, 3.63) is 70.3 Å². The quantitative estimate of drug-likeness (QED) is 0.863. The molecule has 1 heteroatoms. The fourth-order valence-corrected chi connectivity index (χ4v) is 2.26. The molecule has 0 radical (unpaired) electrons. The van der Waals surface area contributed by atoms with E-state index in [0.29, 0.717) is 6.42 Å². The normalized spacial score (nSPS) is 12.4. The average molecular weight is 240 g/mol. The van der Waals surface area contributed by atoms with Gasteiger partial charge >= 0.3 is 0 Å². The first kappa shape index (κ1) is 12.8. The average Bonchev–Trinajstić information content (AvgIpc) is 2.32. The number of aryl methyl sites for hydroxylation is 3. The van der Waals surface area contributed by atoms with Crippen LogP contribution < -0.4 is 0 Å². The maximum absolute atomic E-state index is 10.3. The van der Waals surface area contributed by atoms with E-state index in [2.05, 4.69) is 57.2 Å². The minimum atomic E-state index is -0.423. The monoisotopic (exact) mass is 240 g/mol. The zero-order chi connectivity index (χ0) is 13.1. The van der Waals surface area contributed by atoms with E-state index in [0.717, 1.165) is 11.1 Å². The first-order valence-corrected chi connectivity index (χ1v) is 6.37. The second-order valence-electron chi connectivity index (χ2n) is 5.07. The highest BCUT2D eigenvalue weighted by Gasteiger charge is 2.11. The highest BCUT2D eigenvalue weighted by molar-refractivity contribution is 5.33. The van der Waals surface area contributed by atoms with Crippen molar-refractivity contribution in [2.75, 3.05) is 0 Å². The van der Waals surface area contributed by atoms with Crippen LogP contribution in [0.1, 0.15) is 33.9 Å². The lowest BCUT2D eigenvalue weighted by Crippen LogP contribution is -2.04. The molecule has 1 atom stereocenters. The Labute approximate surface area is 109 Å². The van der Waals surface area contributed by atoms with Crippen molar-refractivity contribution in [3.8, 4) is 0 Å². The van der Waals surface area contributed by atoms with Crippen LogP contribution in [-0.4, -0.2) is 5.11 Å². The molecule has 0 fully saturated rings. The molecule has 0 saturated heterocycles. The van der Waals surface area contributed by atoms with Crippen LogP contribution in [0.4, 0.5) is 0 Å². The Morgan fingerprint density at radius 1 is 0.889 bits per heavy atom. The van der Waals surface area contributed by atoms with Gasteiger partial charge in [-0.15, -0.1) is 0 Å². The molecule has 0 saturated carbocycles. The van der Waals surface area contributed by atoms with E-state index in [1.54, 1.807) is 0 Å². The standard InChI is InChI=1S/C17H20O/c1-12-4-7-15(8-5-12)11-17(18)16-9-6-13(2)10-14(16)3/h4-10,17-18H,11H2,1-3H3. The summed E-state index contributed by atoms with van der Waals surface area (Å²) in [6.45, 7) is 6.20. The summed E-state index contributed by atoms with van der Waals surface area (Å²) in [6, 6.07) is 14.6. The maximum Gasteiger partial charge on any atom is 0.0832 e. The third kappa shape index (κ3) is 2.99. The first-order valence-electron chi connectivity index (χ1n) is 6.37. The van der Waals surface area contributed by atoms with Crippen LogP contribution in [0.25, 0.3) is 0 Å². The molecule has 18 heavy (non-hydrogen) atoms. The third-order valence-corrected chi connectivity index (χ3v) is 3.33. The molecule has 2 rings (SSSR count). The van der Waals surface area contributed by atoms with Crippen LogP contribution in [0.5, 0.6) is 0 Å². The molecule has 0 aliphatic rings. The fraction of sp³-hybridized carbons (Fsp3) is 0.294. The van der Waals surface area contributed by atoms with E-state index < -0.39 is 6.10 Å². The molecule has 0 heterocycles. The van der Waals surface area contributed by atoms with Gasteiger partial charge in [0.25, 0.3) is 0 Å². The van der Waals surface area contributed by atoms with E-state index in [-0.39, 0.29) is 0 Å². The molecule has 0 aliphatic carbocycles. The highest BCUT2D eigenvalue weighted by atomic mass is 16.3. The van der Waals surface area contributed by atoms with Crippen molar-refractivity contribution < 1.29 is 5.11 Å². The number of aliphatic hydroxyl groups is 1. The van der Waals surface area contributed by atoms with Crippen molar-refractivity contribution in [1.82, 2.24) is 0 Å². The molecule has 2 aromatic carbocycles. The third-order valence-electron chi connectivity index (χ3n) is 3.33. The van der Waals surface area contributed by atoms with Gasteiger partial charge in [0.15, 0.2) is 0 Å². The molecule has 0 amide bonds. The zero-order valence-electron chi connectivity index (χ0n) is 11.3. The Hall–Kier alpha value is -1.60. The number of hydrogen-bond donors (Lipinski definition) is 1. The Bertz CT molecular complexity index is 526. The van der Waals surface area contributed by atoms with Gasteiger partial charge in [-0.3, -0.25) is 0 Å². The Kier molecular flexibility index (Phi) is 3.83. The smallest absolute Gasteiger partial charge is 0.0832 e. The van der Waals surface area contributed by atoms with E-state index in [1.807, 2.05) is 6.07 Å². The maximum atomic E-state index is 10.3. The van der Waals surface area contributed by atoms with Gasteiger partial charge in [-0.05, 0) is 37.5 Å². The van der Waals surface area contributed by atoms with Gasteiger partial charge in [0.1, 0.15) is 0 Å². The first-order chi connectivity index (χ1) is 8.56. The van der Waals surface area contributed by atoms with Crippen molar-refractivity contribution in [2.24, 2.45) is 0 Å². The summed E-state index contributed by atoms with van der Waals surface area (Å²) >= 11 is 0. The Morgan fingerprint density at radius 3 is 2.11 bits per heavy atom. The number of rotatable bonds is 3. The summed E-state index contributed by atoms with van der Waals surface area (Å²) in [7, 11) is 0. The van der Waals surface area contributed by atoms with Crippen LogP contribution in [0.2, 0.25) is 0 Å². The molecule has 1 nitrogen and oxygen atoms in total. The van der Waals surface area contributed by atoms with Gasteiger partial charge in [-0.25, -0.2) is 0 Å². The van der Waals surface area contributed by atoms with Gasteiger partial charge in [-0.2, -0.15) is 0 Å². The highest BCUT2D eigenvalue weighted by Crippen LogP contribution is 2.22. The molecule has 0 aliphatic heterocycles. The van der Waals surface area contributed by atoms with Gasteiger partial charge in [0.2, 0.25) is 0 Å². The summed E-state index contributed by atoms with van der Waals surface area (Å²) < 4.78 is 0. The Balaban J connectivity index is 2.16. The summed E-state index contributed by atoms with van der Waals surface area (Å²) in [4.78, 5) is 0. The number of benzene rings is 2. The molecule has 1 unspecified atom stereocenters. The van der Waals surface area contributed by atoms with Gasteiger partial charge in [0, 0.05) is 6.42 Å². The van der Waals surface area contributed by atoms with Gasteiger partial charge in [-0.1, -0.05) is 53.6 Å². The van der Waals surface area contributed by atoms with Gasteiger partial charge in [0.05, 0.1) is 6.10 Å². The van der Waals surface area contributed by atoms with Crippen molar-refractivity contribution in [1.29, 1.82) is 0 Å². The van der Waals surface area contributed by atoms with E-state index in [9.17, 15) is 5.11 Å². The minimum absolute atomic E-state index is 0.423. The molecular weight excluding hydrogens is 220 g/mol. The largest absolute Gasteiger partial charge is 0.388 e. The van der Waals surface area contributed by atoms with Crippen LogP contribution in [-0.2, 0) is 6.42 Å². The van der Waals surface area contributed by atoms with E-state index in [1.165, 1.54) is 16.7 Å². The van der Waals surface area contributed by atoms with Crippen LogP contribution in [0.15, 0.2) is 42.5 Å². The molecule has 0 aromatic heterocycles. The second kappa shape index (κ2) is 5.36. The predicted molar refractivity (Wildman–Crippen MR) is 75.8 cm³/mol.